The smallest absolute Gasteiger partial charge is 0.305 e. The summed E-state index contributed by atoms with van der Waals surface area (Å²) >= 11 is 0. The van der Waals surface area contributed by atoms with Gasteiger partial charge in [-0.1, -0.05) is 37.2 Å². The third-order valence-electron chi connectivity index (χ3n) is 6.68. The summed E-state index contributed by atoms with van der Waals surface area (Å²) in [5.41, 5.74) is 0.811. The summed E-state index contributed by atoms with van der Waals surface area (Å²) in [7, 11) is 1.35. The second-order valence-electron chi connectivity index (χ2n) is 8.54. The first-order valence-corrected chi connectivity index (χ1v) is 10.7. The Hall–Kier alpha value is -1.64. The fourth-order valence-corrected chi connectivity index (χ4v) is 5.02. The molecule has 0 aromatic rings. The van der Waals surface area contributed by atoms with Gasteiger partial charge in [-0.15, -0.1) is 0 Å². The van der Waals surface area contributed by atoms with Crippen LogP contribution < -0.4 is 0 Å². The van der Waals surface area contributed by atoms with Crippen molar-refractivity contribution in [3.8, 4) is 11.8 Å². The molecule has 2 unspecified atom stereocenters. The number of methoxy groups -OCH3 is 1. The van der Waals surface area contributed by atoms with E-state index in [9.17, 15) is 19.8 Å². The molecule has 2 saturated carbocycles. The van der Waals surface area contributed by atoms with Crippen LogP contribution in [0.1, 0.15) is 64.2 Å². The maximum atomic E-state index is 12.4. The highest BCUT2D eigenvalue weighted by molar-refractivity contribution is 5.96. The molecule has 5 atom stereocenters. The minimum Gasteiger partial charge on any atom is -0.469 e. The van der Waals surface area contributed by atoms with Crippen LogP contribution in [0.15, 0.2) is 11.6 Å². The highest BCUT2D eigenvalue weighted by Gasteiger charge is 2.45. The van der Waals surface area contributed by atoms with Crippen LogP contribution in [0.2, 0.25) is 0 Å². The van der Waals surface area contributed by atoms with Crippen molar-refractivity contribution in [3.05, 3.63) is 11.6 Å². The van der Waals surface area contributed by atoms with Crippen LogP contribution in [0.3, 0.4) is 0 Å². The molecule has 5 heteroatoms. The largest absolute Gasteiger partial charge is 0.469 e. The second kappa shape index (κ2) is 9.71. The summed E-state index contributed by atoms with van der Waals surface area (Å²) in [5, 5.41) is 20.8. The van der Waals surface area contributed by atoms with E-state index in [-0.39, 0.29) is 41.8 Å². The van der Waals surface area contributed by atoms with Gasteiger partial charge in [-0.3, -0.25) is 9.59 Å². The topological polar surface area (TPSA) is 83.8 Å². The zero-order valence-electron chi connectivity index (χ0n) is 16.7. The maximum absolute atomic E-state index is 12.4. The van der Waals surface area contributed by atoms with Gasteiger partial charge in [0.1, 0.15) is 6.10 Å². The molecule has 0 amide bonds. The Morgan fingerprint density at radius 3 is 2.71 bits per heavy atom. The highest BCUT2D eigenvalue weighted by Crippen LogP contribution is 2.47. The third-order valence-corrected chi connectivity index (χ3v) is 6.68. The van der Waals surface area contributed by atoms with E-state index in [1.807, 2.05) is 6.08 Å². The minimum atomic E-state index is -0.611. The quantitative estimate of drug-likeness (QED) is 0.540. The molecule has 0 bridgehead atoms. The van der Waals surface area contributed by atoms with Gasteiger partial charge in [0.2, 0.25) is 0 Å². The van der Waals surface area contributed by atoms with Crippen LogP contribution in [0, 0.1) is 35.5 Å². The molecule has 3 aliphatic carbocycles. The fraction of sp³-hybridized carbons (Fsp3) is 0.739. The van der Waals surface area contributed by atoms with Crippen molar-refractivity contribution < 1.29 is 24.5 Å². The minimum absolute atomic E-state index is 0.0849. The average molecular weight is 389 g/mol. The summed E-state index contributed by atoms with van der Waals surface area (Å²) in [6.45, 7) is 0. The lowest BCUT2D eigenvalue weighted by atomic mass is 9.84. The molecule has 2 N–H and O–H groups in total. The number of hydrogen-bond acceptors (Lipinski definition) is 5. The number of rotatable bonds is 6. The monoisotopic (exact) mass is 388 g/mol. The lowest BCUT2D eigenvalue weighted by Crippen LogP contribution is -2.23. The van der Waals surface area contributed by atoms with Crippen LogP contribution in [0.5, 0.6) is 0 Å². The molecule has 0 aromatic carbocycles. The SMILES string of the molecule is COC(=O)CCCC(=O)C1=CC2C[C@H](O)[C@@H](C#C[C@@H](O)C3CCCCC3)C2C1. The maximum Gasteiger partial charge on any atom is 0.305 e. The molecule has 0 saturated heterocycles. The molecule has 3 aliphatic rings. The number of esters is 1. The number of hydrogen-bond donors (Lipinski definition) is 2. The summed E-state index contributed by atoms with van der Waals surface area (Å²) in [6.07, 6.45) is 8.88. The molecule has 0 aliphatic heterocycles. The van der Waals surface area contributed by atoms with Gasteiger partial charge in [-0.2, -0.15) is 0 Å². The van der Waals surface area contributed by atoms with E-state index >= 15 is 0 Å². The van der Waals surface area contributed by atoms with E-state index in [4.69, 9.17) is 0 Å². The number of ether oxygens (including phenoxy) is 1. The molecule has 0 heterocycles. The summed E-state index contributed by atoms with van der Waals surface area (Å²) in [6, 6.07) is 0. The second-order valence-corrected chi connectivity index (χ2v) is 8.54. The Bertz CT molecular complexity index is 664. The van der Waals surface area contributed by atoms with Gasteiger partial charge in [0.05, 0.1) is 19.1 Å². The number of allylic oxidation sites excluding steroid dienone is 2. The van der Waals surface area contributed by atoms with Crippen molar-refractivity contribution in [1.29, 1.82) is 0 Å². The number of carbonyl (C=O) groups excluding carboxylic acids is 2. The number of aliphatic hydroxyl groups excluding tert-OH is 2. The Morgan fingerprint density at radius 2 is 2.00 bits per heavy atom. The Kier molecular flexibility index (Phi) is 7.31. The predicted octanol–water partition coefficient (Wildman–Crippen LogP) is 2.79. The molecule has 0 aromatic heterocycles. The Morgan fingerprint density at radius 1 is 1.25 bits per heavy atom. The number of carbonyl (C=O) groups is 2. The van der Waals surface area contributed by atoms with E-state index in [1.165, 1.54) is 13.5 Å². The number of fused-ring (bicyclic) bond motifs is 1. The lowest BCUT2D eigenvalue weighted by molar-refractivity contribution is -0.140. The van der Waals surface area contributed by atoms with E-state index in [1.54, 1.807) is 0 Å². The number of ketones is 1. The molecule has 2 fully saturated rings. The van der Waals surface area contributed by atoms with Gasteiger partial charge in [0, 0.05) is 12.8 Å². The molecule has 154 valence electrons. The molecular formula is C23H32O5. The normalized spacial score (nSPS) is 30.8. The van der Waals surface area contributed by atoms with Gasteiger partial charge < -0.3 is 14.9 Å². The van der Waals surface area contributed by atoms with Crippen molar-refractivity contribution in [2.45, 2.75) is 76.4 Å². The van der Waals surface area contributed by atoms with E-state index in [2.05, 4.69) is 16.6 Å². The molecule has 0 radical (unpaired) electrons. The predicted molar refractivity (Wildman–Crippen MR) is 105 cm³/mol. The fourth-order valence-electron chi connectivity index (χ4n) is 5.02. The van der Waals surface area contributed by atoms with Gasteiger partial charge in [-0.25, -0.2) is 0 Å². The van der Waals surface area contributed by atoms with Gasteiger partial charge in [0.25, 0.3) is 0 Å². The molecular weight excluding hydrogens is 356 g/mol. The van der Waals surface area contributed by atoms with E-state index < -0.39 is 12.2 Å². The average Bonchev–Trinajstić information content (AvgIpc) is 3.23. The van der Waals surface area contributed by atoms with Crippen LogP contribution >= 0.6 is 0 Å². The van der Waals surface area contributed by atoms with Crippen LogP contribution in [-0.4, -0.2) is 41.3 Å². The summed E-state index contributed by atoms with van der Waals surface area (Å²) in [4.78, 5) is 23.6. The molecule has 3 rings (SSSR count). The van der Waals surface area contributed by atoms with Crippen molar-refractivity contribution in [1.82, 2.24) is 0 Å². The lowest BCUT2D eigenvalue weighted by Gasteiger charge is -2.23. The van der Waals surface area contributed by atoms with Crippen LogP contribution in [0.4, 0.5) is 0 Å². The molecule has 0 spiro atoms. The first-order chi connectivity index (χ1) is 13.5. The van der Waals surface area contributed by atoms with Gasteiger partial charge >= 0.3 is 5.97 Å². The molecule has 5 nitrogen and oxygen atoms in total. The zero-order valence-corrected chi connectivity index (χ0v) is 16.7. The highest BCUT2D eigenvalue weighted by atomic mass is 16.5. The van der Waals surface area contributed by atoms with Gasteiger partial charge in [-0.05, 0) is 55.4 Å². The Labute approximate surface area is 167 Å². The first-order valence-electron chi connectivity index (χ1n) is 10.7. The standard InChI is InChI=1S/C23H32O5/c1-28-23(27)9-5-8-20(24)17-12-16-14-22(26)18(19(16)13-17)10-11-21(25)15-6-3-2-4-7-15/h12,15-16,18-19,21-22,25-26H,2-9,13-14H2,1H3/t16?,18-,19?,21+,22-/m0/s1. The summed E-state index contributed by atoms with van der Waals surface area (Å²) < 4.78 is 4.61. The third kappa shape index (κ3) is 5.04. The number of Topliss-reactive ketones (excluding diaryl/α,β-unsaturated/α-hetero) is 1. The van der Waals surface area contributed by atoms with Crippen molar-refractivity contribution >= 4 is 11.8 Å². The first kappa shape index (κ1) is 21.1. The van der Waals surface area contributed by atoms with Gasteiger partial charge in [0.15, 0.2) is 5.78 Å². The Balaban J connectivity index is 1.54. The van der Waals surface area contributed by atoms with Crippen molar-refractivity contribution in [2.75, 3.05) is 7.11 Å². The number of aliphatic hydroxyl groups is 2. The van der Waals surface area contributed by atoms with Crippen LogP contribution in [-0.2, 0) is 14.3 Å². The van der Waals surface area contributed by atoms with E-state index in [0.717, 1.165) is 31.3 Å². The van der Waals surface area contributed by atoms with Crippen molar-refractivity contribution in [3.63, 3.8) is 0 Å². The summed E-state index contributed by atoms with van der Waals surface area (Å²) in [5.74, 6) is 6.39. The van der Waals surface area contributed by atoms with Crippen molar-refractivity contribution in [2.24, 2.45) is 23.7 Å². The zero-order chi connectivity index (χ0) is 20.1. The van der Waals surface area contributed by atoms with E-state index in [0.29, 0.717) is 25.7 Å². The molecule has 28 heavy (non-hydrogen) atoms. The van der Waals surface area contributed by atoms with Crippen LogP contribution in [0.25, 0.3) is 0 Å².